The van der Waals surface area contributed by atoms with Crippen LogP contribution in [0.25, 0.3) is 0 Å². The van der Waals surface area contributed by atoms with Gasteiger partial charge in [0.05, 0.1) is 51.3 Å². The van der Waals surface area contributed by atoms with Crippen LogP contribution in [0, 0.1) is 0 Å². The molecule has 4 rings (SSSR count). The van der Waals surface area contributed by atoms with Crippen molar-refractivity contribution in [2.75, 3.05) is 66.1 Å². The first-order valence-corrected chi connectivity index (χ1v) is 26.1. The van der Waals surface area contributed by atoms with E-state index in [2.05, 4.69) is 28.6 Å². The third-order valence-corrected chi connectivity index (χ3v) is 13.9. The maximum Gasteiger partial charge on any atom is 0.364 e. The Balaban J connectivity index is 1.82. The molecule has 35 heteroatoms. The molecular weight excluding hydrogens is 1110 g/mol. The van der Waals surface area contributed by atoms with Gasteiger partial charge < -0.3 is 140 Å². The second-order valence-corrected chi connectivity index (χ2v) is 19.8. The van der Waals surface area contributed by atoms with Crippen LogP contribution in [0.2, 0.25) is 0 Å². The number of nitrogens with zero attached hydrogens (tertiary/aromatic N) is 1. The van der Waals surface area contributed by atoms with Crippen molar-refractivity contribution in [1.82, 2.24) is 21.0 Å². The van der Waals surface area contributed by atoms with Gasteiger partial charge in [-0.2, -0.15) is 17.7 Å². The van der Waals surface area contributed by atoms with E-state index < -0.39 is 216 Å². The Bertz CT molecular complexity index is 1910. The zero-order chi connectivity index (χ0) is 59.9. The number of aliphatic carboxylic acids is 1. The number of carbonyl (C=O) groups is 4. The van der Waals surface area contributed by atoms with E-state index in [1.807, 2.05) is 0 Å². The monoisotopic (exact) mass is 1190 g/mol. The van der Waals surface area contributed by atoms with Gasteiger partial charge >= 0.3 is 5.97 Å². The molecule has 80 heavy (non-hydrogen) atoms. The number of hydrogen-bond acceptors (Lipinski definition) is 31. The minimum atomic E-state index is -3.35. The first-order chi connectivity index (χ1) is 37.8. The highest BCUT2D eigenvalue weighted by molar-refractivity contribution is 7.80. The summed E-state index contributed by atoms with van der Waals surface area (Å²) in [5.74, 6) is -7.08. The van der Waals surface area contributed by atoms with Gasteiger partial charge in [-0.15, -0.1) is 0 Å². The summed E-state index contributed by atoms with van der Waals surface area (Å²) in [6, 6.07) is -3.63. The molecule has 0 radical (unpaired) electrons. The standard InChI is InChI=1S/C45H80N4O30S/c1-17(55)47-26-19(57)12-45(44(68)69,78-38(26)28(60)20(58)13-51)79-39-35(67)43(72-21(7-9-50)29(61)33(65)40(70-4)49(3)71-10-8-46-25(59)6-5-11-80)75-24(16-54)36(39)76-41-27(48-18(2)56)37(31(63)23(15-53)73-41)77-42-34(66)32(64)30(62)22(14-52)74-42/h19-24,26-43,50-54,57-58,60-67,80H,5-16H2,1-4H3,(H,46,59)(H,47,55)(H,48,56)(H,68,69)/t19?,20-,21-,22?,23?,24?,26-,27?,28-,29?,30+,31+,32?,33?,34?,35?,36+,37?,38?,39?,40-,41+,42+,43-,45+/m1/s1. The molecule has 0 aromatic carbocycles. The number of carboxylic acids is 1. The third-order valence-electron chi connectivity index (χ3n) is 13.6. The number of aliphatic hydroxyl groups is 15. The van der Waals surface area contributed by atoms with E-state index in [1.54, 1.807) is 0 Å². The average Bonchev–Trinajstić information content (AvgIpc) is 3.46. The number of hydrogen-bond donors (Lipinski definition) is 20. The van der Waals surface area contributed by atoms with E-state index in [9.17, 15) is 101 Å². The number of rotatable bonds is 31. The molecule has 0 spiro atoms. The number of carbonyl (C=O) groups excluding carboxylic acids is 3. The van der Waals surface area contributed by atoms with Crippen molar-refractivity contribution in [3.8, 4) is 0 Å². The lowest BCUT2D eigenvalue weighted by molar-refractivity contribution is -0.397. The van der Waals surface area contributed by atoms with Crippen LogP contribution in [0.4, 0.5) is 0 Å². The van der Waals surface area contributed by atoms with Crippen LogP contribution in [0.1, 0.15) is 39.5 Å². The van der Waals surface area contributed by atoms with Gasteiger partial charge in [-0.3, -0.25) is 19.2 Å². The number of nitrogens with one attached hydrogen (secondary N) is 3. The second-order valence-electron chi connectivity index (χ2n) is 19.4. The molecule has 4 fully saturated rings. The molecule has 25 atom stereocenters. The van der Waals surface area contributed by atoms with Crippen LogP contribution in [0.5, 0.6) is 0 Å². The lowest BCUT2D eigenvalue weighted by Gasteiger charge is -2.52. The van der Waals surface area contributed by atoms with Crippen molar-refractivity contribution in [3.63, 3.8) is 0 Å². The Hall–Kier alpha value is -2.81. The minimum absolute atomic E-state index is 0.00803. The summed E-state index contributed by atoms with van der Waals surface area (Å²) in [5.41, 5.74) is 0. The number of thiol groups is 1. The summed E-state index contributed by atoms with van der Waals surface area (Å²) in [5, 5.41) is 182. The van der Waals surface area contributed by atoms with Gasteiger partial charge in [0.25, 0.3) is 5.79 Å². The van der Waals surface area contributed by atoms with Crippen LogP contribution < -0.4 is 16.0 Å². The zero-order valence-electron chi connectivity index (χ0n) is 44.1. The number of aliphatic hydroxyl groups excluding tert-OH is 15. The maximum atomic E-state index is 13.6. The molecule has 0 saturated carbocycles. The Morgan fingerprint density at radius 3 is 1.89 bits per heavy atom. The summed E-state index contributed by atoms with van der Waals surface area (Å²) in [7, 11) is 2.42. The second kappa shape index (κ2) is 32.5. The van der Waals surface area contributed by atoms with Crippen molar-refractivity contribution >= 4 is 36.3 Å². The van der Waals surface area contributed by atoms with Gasteiger partial charge in [0.1, 0.15) is 104 Å². The molecule has 34 nitrogen and oxygen atoms in total. The fraction of sp³-hybridized carbons (Fsp3) is 0.911. The van der Waals surface area contributed by atoms with Crippen molar-refractivity contribution in [3.05, 3.63) is 0 Å². The Kier molecular flexibility index (Phi) is 28.3. The number of carboxylic acid groups (broad SMARTS) is 1. The molecule has 4 aliphatic heterocycles. The molecule has 466 valence electrons. The van der Waals surface area contributed by atoms with E-state index in [4.69, 9.17) is 47.5 Å². The predicted octanol–water partition coefficient (Wildman–Crippen LogP) is -11.1. The summed E-state index contributed by atoms with van der Waals surface area (Å²) < 4.78 is 52.7. The Morgan fingerprint density at radius 2 is 1.32 bits per heavy atom. The number of ether oxygens (including phenoxy) is 9. The molecule has 4 heterocycles. The highest BCUT2D eigenvalue weighted by Crippen LogP contribution is 2.40. The van der Waals surface area contributed by atoms with Gasteiger partial charge in [0.2, 0.25) is 17.7 Å². The normalized spacial score (nSPS) is 37.2. The van der Waals surface area contributed by atoms with Crippen molar-refractivity contribution in [2.24, 2.45) is 0 Å². The summed E-state index contributed by atoms with van der Waals surface area (Å²) in [4.78, 5) is 56.4. The lowest BCUT2D eigenvalue weighted by atomic mass is 9.88. The maximum absolute atomic E-state index is 13.6. The number of likely N-dealkylation sites (N-methyl/N-ethyl adjacent to an activating group) is 1. The fourth-order valence-corrected chi connectivity index (χ4v) is 9.59. The average molecular weight is 1190 g/mol. The molecule has 0 aromatic heterocycles. The summed E-state index contributed by atoms with van der Waals surface area (Å²) in [6.07, 6.45) is -46.3. The zero-order valence-corrected chi connectivity index (χ0v) is 45.0. The van der Waals surface area contributed by atoms with E-state index in [0.29, 0.717) is 12.2 Å². The van der Waals surface area contributed by atoms with E-state index in [0.717, 1.165) is 26.0 Å². The SMILES string of the molecule is CO[C@H](C(O)C(O)[C@@H](CCO)O[C@@H]1OC(CO)[C@H](O[C@@H]2OC(CO)[C@H](O)C(O[C@@H]3OC(CO)[C@H](O)C(O)C3O)C2NC(C)=O)C(O[C@]2(C(=O)O)CC(O)[C@@H](NC(C)=O)C([C@H](O)[C@H](O)CO)O2)C1O)N(C)OCCNC(=O)CCCS. The fourth-order valence-electron chi connectivity index (χ4n) is 9.44. The molecule has 0 aromatic rings. The van der Waals surface area contributed by atoms with Crippen molar-refractivity contribution in [2.45, 2.75) is 192 Å². The van der Waals surface area contributed by atoms with Gasteiger partial charge in [-0.25, -0.2) is 4.79 Å². The van der Waals surface area contributed by atoms with Gasteiger partial charge in [-0.1, -0.05) is 0 Å². The summed E-state index contributed by atoms with van der Waals surface area (Å²) in [6.45, 7) is -3.45. The largest absolute Gasteiger partial charge is 0.477 e. The first-order valence-electron chi connectivity index (χ1n) is 25.5. The molecule has 3 amide bonds. The van der Waals surface area contributed by atoms with Crippen LogP contribution in [-0.4, -0.2) is 329 Å². The van der Waals surface area contributed by atoms with E-state index >= 15 is 0 Å². The smallest absolute Gasteiger partial charge is 0.364 e. The molecule has 0 bridgehead atoms. The third kappa shape index (κ3) is 17.4. The number of amides is 3. The van der Waals surface area contributed by atoms with Crippen LogP contribution in [0.15, 0.2) is 0 Å². The highest BCUT2D eigenvalue weighted by atomic mass is 32.1. The number of methoxy groups -OCH3 is 1. The molecular formula is C45H80N4O30S. The van der Waals surface area contributed by atoms with Gasteiger partial charge in [0.15, 0.2) is 25.1 Å². The predicted molar refractivity (Wildman–Crippen MR) is 261 cm³/mol. The van der Waals surface area contributed by atoms with E-state index in [1.165, 1.54) is 7.05 Å². The highest BCUT2D eigenvalue weighted by Gasteiger charge is 2.61. The minimum Gasteiger partial charge on any atom is -0.477 e. The quantitative estimate of drug-likeness (QED) is 0.0133. The first kappa shape index (κ1) is 69.7. The van der Waals surface area contributed by atoms with Crippen molar-refractivity contribution < 1.29 is 148 Å². The van der Waals surface area contributed by atoms with E-state index in [-0.39, 0.29) is 25.5 Å². The Labute approximate surface area is 463 Å². The molecule has 13 unspecified atom stereocenters. The Morgan fingerprint density at radius 1 is 0.738 bits per heavy atom. The molecule has 19 N–H and O–H groups in total. The van der Waals surface area contributed by atoms with Gasteiger partial charge in [-0.05, 0) is 18.6 Å². The van der Waals surface area contributed by atoms with Gasteiger partial charge in [0, 0.05) is 54.0 Å². The van der Waals surface area contributed by atoms with Crippen molar-refractivity contribution in [1.29, 1.82) is 0 Å². The molecule has 4 aliphatic rings. The topological polar surface area (TPSA) is 524 Å². The summed E-state index contributed by atoms with van der Waals surface area (Å²) >= 11 is 4.07. The van der Waals surface area contributed by atoms with Crippen LogP contribution in [0.3, 0.4) is 0 Å². The molecule has 4 saturated heterocycles. The molecule has 0 aliphatic carbocycles. The van der Waals surface area contributed by atoms with Crippen LogP contribution in [-0.2, 0) is 66.6 Å². The lowest BCUT2D eigenvalue weighted by Crippen LogP contribution is -2.72. The van der Waals surface area contributed by atoms with Crippen LogP contribution >= 0.6 is 12.6 Å². The number of hydroxylamine groups is 2.